The zero-order valence-electron chi connectivity index (χ0n) is 19.7. The summed E-state index contributed by atoms with van der Waals surface area (Å²) in [5.74, 6) is -1.11. The molecule has 2 aromatic rings. The van der Waals surface area contributed by atoms with Gasteiger partial charge in [-0.25, -0.2) is 4.79 Å². The van der Waals surface area contributed by atoms with Gasteiger partial charge in [0.2, 0.25) is 0 Å². The quantitative estimate of drug-likeness (QED) is 0.207. The summed E-state index contributed by atoms with van der Waals surface area (Å²) in [7, 11) is 1.34. The molecule has 33 heavy (non-hydrogen) atoms. The number of carbonyl (C=O) groups excluding carboxylic acids is 2. The highest BCUT2D eigenvalue weighted by atomic mass is 16.5. The van der Waals surface area contributed by atoms with E-state index in [1.807, 2.05) is 37.3 Å². The Bertz CT molecular complexity index is 1070. The Morgan fingerprint density at radius 2 is 1.88 bits per heavy atom. The number of rotatable bonds is 11. The van der Waals surface area contributed by atoms with Gasteiger partial charge < -0.3 is 14.3 Å². The lowest BCUT2D eigenvalue weighted by Crippen LogP contribution is -2.16. The molecule has 6 heteroatoms. The Hall–Kier alpha value is -3.41. The monoisotopic (exact) mass is 452 g/mol. The summed E-state index contributed by atoms with van der Waals surface area (Å²) >= 11 is 0. The van der Waals surface area contributed by atoms with Gasteiger partial charge in [-0.1, -0.05) is 56.7 Å². The van der Waals surface area contributed by atoms with Crippen LogP contribution in [0, 0.1) is 0 Å². The standard InChI is InChI=1S/C27H32O6/c1-5-9-20-12-14-21(15-13-20)16-19(3)26(30)25-22(28)17-23(33-27(25)31)18(2)10-7-6-8-11-24(29)32-4/h6,8,12-18,28H,5,7,9-11H2,1-4H3. The first-order valence-electron chi connectivity index (χ1n) is 11.2. The molecule has 0 saturated carbocycles. The Labute approximate surface area is 194 Å². The molecular formula is C27H32O6. The molecule has 0 fully saturated rings. The maximum absolute atomic E-state index is 12.8. The maximum Gasteiger partial charge on any atom is 0.351 e. The maximum atomic E-state index is 12.8. The predicted octanol–water partition coefficient (Wildman–Crippen LogP) is 5.59. The molecule has 0 spiro atoms. The van der Waals surface area contributed by atoms with E-state index < -0.39 is 11.4 Å². The second-order valence-electron chi connectivity index (χ2n) is 8.07. The number of ether oxygens (including phenoxy) is 1. The van der Waals surface area contributed by atoms with E-state index in [0.29, 0.717) is 24.2 Å². The molecule has 1 aromatic carbocycles. The average molecular weight is 453 g/mol. The van der Waals surface area contributed by atoms with Crippen molar-refractivity contribution in [2.24, 2.45) is 0 Å². The van der Waals surface area contributed by atoms with Crippen LogP contribution in [-0.2, 0) is 16.0 Å². The number of Topliss-reactive ketones (excluding diaryl/α,β-unsaturated/α-hetero) is 1. The fourth-order valence-electron chi connectivity index (χ4n) is 3.40. The Balaban J connectivity index is 2.11. The number of aromatic hydroxyl groups is 1. The van der Waals surface area contributed by atoms with Gasteiger partial charge >= 0.3 is 11.6 Å². The molecule has 0 radical (unpaired) electrons. The van der Waals surface area contributed by atoms with Crippen LogP contribution in [-0.4, -0.2) is 24.0 Å². The van der Waals surface area contributed by atoms with Gasteiger partial charge in [-0.15, -0.1) is 0 Å². The Morgan fingerprint density at radius 3 is 2.48 bits per heavy atom. The number of hydrogen-bond acceptors (Lipinski definition) is 6. The third-order valence-corrected chi connectivity index (χ3v) is 5.37. The van der Waals surface area contributed by atoms with Gasteiger partial charge in [-0.3, -0.25) is 9.59 Å². The normalized spacial score (nSPS) is 12.7. The highest BCUT2D eigenvalue weighted by Crippen LogP contribution is 2.26. The zero-order valence-corrected chi connectivity index (χ0v) is 19.7. The smallest absolute Gasteiger partial charge is 0.351 e. The van der Waals surface area contributed by atoms with Crippen molar-refractivity contribution in [2.75, 3.05) is 7.11 Å². The summed E-state index contributed by atoms with van der Waals surface area (Å²) in [4.78, 5) is 36.5. The lowest BCUT2D eigenvalue weighted by Gasteiger charge is -2.11. The summed E-state index contributed by atoms with van der Waals surface area (Å²) in [6.07, 6.45) is 8.81. The predicted molar refractivity (Wildman–Crippen MR) is 128 cm³/mol. The van der Waals surface area contributed by atoms with E-state index in [2.05, 4.69) is 11.7 Å². The molecule has 0 aliphatic heterocycles. The molecule has 2 rings (SSSR count). The lowest BCUT2D eigenvalue weighted by atomic mass is 9.99. The molecule has 0 aliphatic carbocycles. The van der Waals surface area contributed by atoms with E-state index >= 15 is 0 Å². The largest absolute Gasteiger partial charge is 0.507 e. The molecule has 1 atom stereocenters. The van der Waals surface area contributed by atoms with Gasteiger partial charge in [-0.2, -0.15) is 0 Å². The number of carbonyl (C=O) groups is 2. The van der Waals surface area contributed by atoms with Crippen molar-refractivity contribution < 1.29 is 23.8 Å². The van der Waals surface area contributed by atoms with E-state index in [0.717, 1.165) is 18.4 Å². The van der Waals surface area contributed by atoms with Crippen molar-refractivity contribution in [3.63, 3.8) is 0 Å². The van der Waals surface area contributed by atoms with Crippen LogP contribution in [0.2, 0.25) is 0 Å². The van der Waals surface area contributed by atoms with Crippen molar-refractivity contribution in [1.29, 1.82) is 0 Å². The number of allylic oxidation sites excluding steroid dienone is 2. The molecule has 1 unspecified atom stereocenters. The fourth-order valence-corrected chi connectivity index (χ4v) is 3.40. The number of methoxy groups -OCH3 is 1. The second-order valence-corrected chi connectivity index (χ2v) is 8.07. The topological polar surface area (TPSA) is 93.8 Å². The Morgan fingerprint density at radius 1 is 1.18 bits per heavy atom. The first kappa shape index (κ1) is 25.8. The van der Waals surface area contributed by atoms with Crippen LogP contribution < -0.4 is 5.63 Å². The van der Waals surface area contributed by atoms with E-state index in [-0.39, 0.29) is 29.6 Å². The average Bonchev–Trinajstić information content (AvgIpc) is 2.79. The van der Waals surface area contributed by atoms with Crippen LogP contribution in [0.1, 0.15) is 79.6 Å². The second kappa shape index (κ2) is 12.6. The summed E-state index contributed by atoms with van der Waals surface area (Å²) in [5.41, 5.74) is 1.18. The summed E-state index contributed by atoms with van der Waals surface area (Å²) in [6.45, 7) is 5.59. The summed E-state index contributed by atoms with van der Waals surface area (Å²) in [6, 6.07) is 9.22. The highest BCUT2D eigenvalue weighted by Gasteiger charge is 2.22. The SMILES string of the molecule is CCCc1ccc(C=C(C)C(=O)c2c(O)cc(C(C)CCC=CCC(=O)OC)oc2=O)cc1. The minimum Gasteiger partial charge on any atom is -0.507 e. The first-order valence-corrected chi connectivity index (χ1v) is 11.2. The fraction of sp³-hybridized carbons (Fsp3) is 0.370. The van der Waals surface area contributed by atoms with E-state index in [1.54, 1.807) is 19.1 Å². The first-order chi connectivity index (χ1) is 15.8. The molecule has 176 valence electrons. The molecule has 0 saturated heterocycles. The molecule has 1 aromatic heterocycles. The van der Waals surface area contributed by atoms with E-state index in [9.17, 15) is 19.5 Å². The van der Waals surface area contributed by atoms with Crippen molar-refractivity contribution in [3.05, 3.63) is 80.9 Å². The minimum atomic E-state index is -0.853. The molecule has 1 heterocycles. The van der Waals surface area contributed by atoms with Gasteiger partial charge in [-0.05, 0) is 49.0 Å². The number of benzene rings is 1. The van der Waals surface area contributed by atoms with Gasteiger partial charge in [0.1, 0.15) is 17.1 Å². The molecule has 6 nitrogen and oxygen atoms in total. The minimum absolute atomic E-state index is 0.159. The zero-order chi connectivity index (χ0) is 24.4. The van der Waals surface area contributed by atoms with Crippen LogP contribution in [0.15, 0.2) is 57.3 Å². The number of hydrogen-bond donors (Lipinski definition) is 1. The molecule has 0 amide bonds. The van der Waals surface area contributed by atoms with Crippen LogP contribution in [0.25, 0.3) is 6.08 Å². The van der Waals surface area contributed by atoms with Crippen LogP contribution in [0.3, 0.4) is 0 Å². The third kappa shape index (κ3) is 7.59. The van der Waals surface area contributed by atoms with Crippen molar-refractivity contribution in [3.8, 4) is 5.75 Å². The van der Waals surface area contributed by atoms with Gasteiger partial charge in [0.15, 0.2) is 5.78 Å². The van der Waals surface area contributed by atoms with Crippen molar-refractivity contribution in [1.82, 2.24) is 0 Å². The van der Waals surface area contributed by atoms with Gasteiger partial charge in [0.25, 0.3) is 0 Å². The van der Waals surface area contributed by atoms with Gasteiger partial charge in [0.05, 0.1) is 13.5 Å². The third-order valence-electron chi connectivity index (χ3n) is 5.37. The highest BCUT2D eigenvalue weighted by molar-refractivity contribution is 6.12. The Kier molecular flexibility index (Phi) is 9.85. The van der Waals surface area contributed by atoms with Crippen molar-refractivity contribution >= 4 is 17.8 Å². The van der Waals surface area contributed by atoms with E-state index in [4.69, 9.17) is 4.42 Å². The number of aryl methyl sites for hydroxylation is 1. The summed E-state index contributed by atoms with van der Waals surface area (Å²) < 4.78 is 9.93. The number of esters is 1. The molecule has 0 bridgehead atoms. The van der Waals surface area contributed by atoms with E-state index in [1.165, 1.54) is 18.7 Å². The molecular weight excluding hydrogens is 420 g/mol. The van der Waals surface area contributed by atoms with Crippen molar-refractivity contribution in [2.45, 2.75) is 58.8 Å². The molecule has 1 N–H and O–H groups in total. The number of ketones is 1. The van der Waals surface area contributed by atoms with Crippen LogP contribution in [0.4, 0.5) is 0 Å². The lowest BCUT2D eigenvalue weighted by molar-refractivity contribution is -0.139. The summed E-state index contributed by atoms with van der Waals surface area (Å²) in [5, 5.41) is 10.4. The van der Waals surface area contributed by atoms with Crippen LogP contribution >= 0.6 is 0 Å². The van der Waals surface area contributed by atoms with Gasteiger partial charge in [0, 0.05) is 12.0 Å². The molecule has 0 aliphatic rings. The van der Waals surface area contributed by atoms with Crippen LogP contribution in [0.5, 0.6) is 5.75 Å².